The molecule has 0 spiro atoms. The molecule has 5 nitrogen and oxygen atoms in total. The van der Waals surface area contributed by atoms with Gasteiger partial charge in [-0.05, 0) is 48.9 Å². The van der Waals surface area contributed by atoms with E-state index in [1.165, 1.54) is 0 Å². The highest BCUT2D eigenvalue weighted by molar-refractivity contribution is 6.30. The van der Waals surface area contributed by atoms with Crippen molar-refractivity contribution in [1.29, 1.82) is 0 Å². The van der Waals surface area contributed by atoms with Gasteiger partial charge in [-0.15, -0.1) is 0 Å². The molecule has 0 bridgehead atoms. The van der Waals surface area contributed by atoms with Crippen LogP contribution in [0.2, 0.25) is 5.02 Å². The number of rotatable bonds is 4. The third-order valence-corrected chi connectivity index (χ3v) is 4.74. The Bertz CT molecular complexity index is 1120. The molecule has 0 saturated carbocycles. The average molecular weight is 406 g/mol. The number of allylic oxidation sites excluding steroid dienone is 1. The number of carbonyl (C=O) groups is 2. The van der Waals surface area contributed by atoms with E-state index in [1.807, 2.05) is 6.07 Å². The van der Waals surface area contributed by atoms with Gasteiger partial charge in [0.15, 0.2) is 5.76 Å². The summed E-state index contributed by atoms with van der Waals surface area (Å²) in [5.41, 5.74) is 2.44. The first-order valence-corrected chi connectivity index (χ1v) is 9.33. The highest BCUT2D eigenvalue weighted by Crippen LogP contribution is 2.39. The minimum absolute atomic E-state index is 0.109. The minimum atomic E-state index is -0.413. The molecule has 3 aromatic rings. The zero-order chi connectivity index (χ0) is 20.4. The lowest BCUT2D eigenvalue weighted by Gasteiger charge is -2.10. The second-order valence-corrected chi connectivity index (χ2v) is 6.97. The highest BCUT2D eigenvalue weighted by atomic mass is 35.5. The van der Waals surface area contributed by atoms with E-state index < -0.39 is 5.97 Å². The van der Waals surface area contributed by atoms with Crippen LogP contribution in [0.15, 0.2) is 66.6 Å². The van der Waals surface area contributed by atoms with E-state index in [9.17, 15) is 9.59 Å². The van der Waals surface area contributed by atoms with Crippen molar-refractivity contribution >= 4 is 29.4 Å². The Morgan fingerprint density at radius 3 is 2.66 bits per heavy atom. The zero-order valence-electron chi connectivity index (χ0n) is 15.5. The number of halogens is 1. The summed E-state index contributed by atoms with van der Waals surface area (Å²) < 4.78 is 11.3. The molecule has 0 aliphatic carbocycles. The molecule has 0 radical (unpaired) electrons. The minimum Gasteiger partial charge on any atom is -0.452 e. The Kier molecular flexibility index (Phi) is 5.14. The van der Waals surface area contributed by atoms with Crippen molar-refractivity contribution < 1.29 is 19.1 Å². The Morgan fingerprint density at radius 2 is 1.93 bits per heavy atom. The van der Waals surface area contributed by atoms with Crippen molar-refractivity contribution in [2.45, 2.75) is 13.3 Å². The molecule has 0 saturated heterocycles. The molecule has 6 heteroatoms. The quantitative estimate of drug-likeness (QED) is 0.354. The fourth-order valence-electron chi connectivity index (χ4n) is 3.00. The van der Waals surface area contributed by atoms with E-state index in [-0.39, 0.29) is 18.0 Å². The molecule has 0 fully saturated rings. The first-order chi connectivity index (χ1) is 14.0. The van der Waals surface area contributed by atoms with E-state index in [0.29, 0.717) is 33.3 Å². The van der Waals surface area contributed by atoms with Crippen LogP contribution in [0.1, 0.15) is 27.2 Å². The molecule has 0 amide bonds. The average Bonchev–Trinajstić information content (AvgIpc) is 3.03. The van der Waals surface area contributed by atoms with Crippen LogP contribution in [0.4, 0.5) is 0 Å². The Labute approximate surface area is 172 Å². The molecule has 144 valence electrons. The van der Waals surface area contributed by atoms with Crippen LogP contribution in [-0.4, -0.2) is 16.7 Å². The van der Waals surface area contributed by atoms with Crippen LogP contribution in [0.3, 0.4) is 0 Å². The summed E-state index contributed by atoms with van der Waals surface area (Å²) in [7, 11) is 0. The molecule has 0 N–H and O–H groups in total. The maximum absolute atomic E-state index is 12.6. The number of benzene rings is 2. The highest BCUT2D eigenvalue weighted by Gasteiger charge is 2.30. The summed E-state index contributed by atoms with van der Waals surface area (Å²) in [6.07, 6.45) is 3.34. The Hall–Kier alpha value is -3.44. The van der Waals surface area contributed by atoms with Gasteiger partial charge in [-0.1, -0.05) is 29.8 Å². The van der Waals surface area contributed by atoms with Gasteiger partial charge in [-0.25, -0.2) is 0 Å². The fraction of sp³-hybridized carbons (Fsp3) is 0.0870. The number of hydrogen-bond acceptors (Lipinski definition) is 5. The molecule has 1 aliphatic rings. The van der Waals surface area contributed by atoms with Gasteiger partial charge in [0.2, 0.25) is 5.78 Å². The third-order valence-electron chi connectivity index (χ3n) is 4.49. The van der Waals surface area contributed by atoms with E-state index in [2.05, 4.69) is 4.98 Å². The predicted molar refractivity (Wildman–Crippen MR) is 109 cm³/mol. The number of carbonyl (C=O) groups excluding carboxylic acids is 2. The van der Waals surface area contributed by atoms with Crippen LogP contribution in [-0.2, 0) is 11.2 Å². The van der Waals surface area contributed by atoms with Crippen LogP contribution in [0, 0.1) is 6.92 Å². The smallest absolute Gasteiger partial charge is 0.315 e. The molecule has 2 aromatic carbocycles. The summed E-state index contributed by atoms with van der Waals surface area (Å²) in [6.45, 7) is 1.75. The van der Waals surface area contributed by atoms with Crippen molar-refractivity contribution in [2.24, 2.45) is 0 Å². The van der Waals surface area contributed by atoms with Crippen molar-refractivity contribution in [3.05, 3.63) is 94.0 Å². The largest absolute Gasteiger partial charge is 0.452 e. The van der Waals surface area contributed by atoms with Crippen molar-refractivity contribution in [3.63, 3.8) is 0 Å². The number of Topliss-reactive ketones (excluding diaryl/α,β-unsaturated/α-hetero) is 1. The number of pyridine rings is 1. The van der Waals surface area contributed by atoms with Crippen molar-refractivity contribution in [2.75, 3.05) is 0 Å². The van der Waals surface area contributed by atoms with Gasteiger partial charge in [-0.2, -0.15) is 0 Å². The van der Waals surface area contributed by atoms with Crippen LogP contribution >= 0.6 is 11.6 Å². The topological polar surface area (TPSA) is 65.5 Å². The number of hydrogen-bond donors (Lipinski definition) is 0. The molecule has 4 rings (SSSR count). The molecular weight excluding hydrogens is 390 g/mol. The summed E-state index contributed by atoms with van der Waals surface area (Å²) in [6, 6.07) is 15.6. The van der Waals surface area contributed by atoms with Gasteiger partial charge in [0.05, 0.1) is 17.7 Å². The summed E-state index contributed by atoms with van der Waals surface area (Å²) in [5.74, 6) is 0.298. The predicted octanol–water partition coefficient (Wildman–Crippen LogP) is 4.81. The monoisotopic (exact) mass is 405 g/mol. The van der Waals surface area contributed by atoms with E-state index in [0.717, 1.165) is 5.56 Å². The second kappa shape index (κ2) is 7.89. The molecule has 0 unspecified atom stereocenters. The lowest BCUT2D eigenvalue weighted by molar-refractivity contribution is -0.133. The van der Waals surface area contributed by atoms with Crippen molar-refractivity contribution in [1.82, 2.24) is 4.98 Å². The van der Waals surface area contributed by atoms with Crippen LogP contribution < -0.4 is 9.47 Å². The lowest BCUT2D eigenvalue weighted by atomic mass is 10.1. The van der Waals surface area contributed by atoms with Gasteiger partial charge >= 0.3 is 5.97 Å². The first kappa shape index (κ1) is 18.9. The number of ether oxygens (including phenoxy) is 2. The molecule has 0 atom stereocenters. The molecule has 1 aromatic heterocycles. The first-order valence-electron chi connectivity index (χ1n) is 8.95. The maximum atomic E-state index is 12.6. The van der Waals surface area contributed by atoms with Crippen molar-refractivity contribution in [3.8, 4) is 11.5 Å². The number of ketones is 1. The number of nitrogens with zero attached hydrogens (tertiary/aromatic N) is 1. The SMILES string of the molecule is Cc1c(OC(=O)Cc2ccc(Cl)cc2)ccc2c1O/C(=C\c1ccccn1)C2=O. The van der Waals surface area contributed by atoms with E-state index >= 15 is 0 Å². The molecule has 2 heterocycles. The fourth-order valence-corrected chi connectivity index (χ4v) is 3.13. The molecule has 29 heavy (non-hydrogen) atoms. The standard InChI is InChI=1S/C23H16ClNO4/c1-14-19(28-21(26)12-15-5-7-16(24)8-6-15)10-9-18-22(27)20(29-23(14)18)13-17-4-2-3-11-25-17/h2-11,13H,12H2,1H3/b20-13-. The van der Waals surface area contributed by atoms with Gasteiger partial charge in [0, 0.05) is 22.9 Å². The van der Waals surface area contributed by atoms with Gasteiger partial charge in [0.25, 0.3) is 0 Å². The summed E-state index contributed by atoms with van der Waals surface area (Å²) in [5, 5.41) is 0.605. The molecule has 1 aliphatic heterocycles. The Balaban J connectivity index is 1.53. The van der Waals surface area contributed by atoms with Gasteiger partial charge in [0.1, 0.15) is 11.5 Å². The maximum Gasteiger partial charge on any atom is 0.315 e. The molecular formula is C23H16ClNO4. The second-order valence-electron chi connectivity index (χ2n) is 6.54. The van der Waals surface area contributed by atoms with E-state index in [4.69, 9.17) is 21.1 Å². The van der Waals surface area contributed by atoms with Gasteiger partial charge < -0.3 is 9.47 Å². The normalized spacial score (nSPS) is 13.9. The third kappa shape index (κ3) is 4.05. The summed E-state index contributed by atoms with van der Waals surface area (Å²) >= 11 is 5.86. The number of aromatic nitrogens is 1. The zero-order valence-corrected chi connectivity index (χ0v) is 16.3. The van der Waals surface area contributed by atoms with Gasteiger partial charge in [-0.3, -0.25) is 14.6 Å². The Morgan fingerprint density at radius 1 is 1.14 bits per heavy atom. The van der Waals surface area contributed by atoms with Crippen LogP contribution in [0.5, 0.6) is 11.5 Å². The van der Waals surface area contributed by atoms with E-state index in [1.54, 1.807) is 67.7 Å². The van der Waals surface area contributed by atoms with Crippen LogP contribution in [0.25, 0.3) is 6.08 Å². The number of esters is 1. The lowest BCUT2D eigenvalue weighted by Crippen LogP contribution is -2.12. The summed E-state index contributed by atoms with van der Waals surface area (Å²) in [4.78, 5) is 29.1. The number of fused-ring (bicyclic) bond motifs is 1.